The van der Waals surface area contributed by atoms with Crippen LogP contribution in [0.1, 0.15) is 28.8 Å². The molecule has 4 N–H and O–H groups in total. The third kappa shape index (κ3) is 9.31. The lowest BCUT2D eigenvalue weighted by Gasteiger charge is -2.19. The number of halogens is 4. The van der Waals surface area contributed by atoms with Gasteiger partial charge >= 0.3 is 18.3 Å². The summed E-state index contributed by atoms with van der Waals surface area (Å²) < 4.78 is 73.7. The molecule has 0 spiro atoms. The number of anilines is 3. The van der Waals surface area contributed by atoms with Crippen molar-refractivity contribution < 1.29 is 40.7 Å². The predicted octanol–water partition coefficient (Wildman–Crippen LogP) is 3.73. The van der Waals surface area contributed by atoms with Crippen molar-refractivity contribution in [3.63, 3.8) is 0 Å². The molecule has 43 heavy (non-hydrogen) atoms. The quantitative estimate of drug-likeness (QED) is 0.226. The van der Waals surface area contributed by atoms with Crippen molar-refractivity contribution in [3.05, 3.63) is 64.7 Å². The minimum absolute atomic E-state index is 0.0131. The molecule has 1 aliphatic rings. The first-order chi connectivity index (χ1) is 20.3. The summed E-state index contributed by atoms with van der Waals surface area (Å²) in [4.78, 5) is 35.6. The number of methoxy groups -OCH3 is 1. The first-order valence-corrected chi connectivity index (χ1v) is 14.5. The average molecular weight is 644 g/mol. The molecule has 2 aromatic carbocycles. The Morgan fingerprint density at radius 1 is 1.00 bits per heavy atom. The van der Waals surface area contributed by atoms with Gasteiger partial charge in [0.2, 0.25) is 21.9 Å². The summed E-state index contributed by atoms with van der Waals surface area (Å²) in [5.41, 5.74) is 0.649. The van der Waals surface area contributed by atoms with Gasteiger partial charge in [0.15, 0.2) is 6.61 Å². The van der Waals surface area contributed by atoms with Gasteiger partial charge in [-0.2, -0.15) is 28.1 Å². The molecule has 4 rings (SSSR count). The monoisotopic (exact) mass is 643 g/mol. The van der Waals surface area contributed by atoms with E-state index >= 15 is 0 Å². The van der Waals surface area contributed by atoms with Gasteiger partial charge in [0.05, 0.1) is 18.4 Å². The SMILES string of the molecule is COC(=O)NCCS(=O)(=O)NC(=O)c1ccc(Nc2nc(NC3(c4ccc(Cl)cc4)CC3)nc(OCC(F)(F)F)n2)cc1. The molecule has 1 saturated carbocycles. The number of hydrogen-bond donors (Lipinski definition) is 4. The highest BCUT2D eigenvalue weighted by atomic mass is 35.5. The van der Waals surface area contributed by atoms with Crippen LogP contribution in [0.4, 0.5) is 35.5 Å². The number of rotatable bonds is 12. The van der Waals surface area contributed by atoms with Crippen molar-refractivity contribution in [2.24, 2.45) is 0 Å². The normalized spacial score (nSPS) is 13.9. The maximum atomic E-state index is 12.8. The third-order valence-corrected chi connectivity index (χ3v) is 7.44. The molecule has 1 fully saturated rings. The van der Waals surface area contributed by atoms with E-state index in [1.807, 2.05) is 16.9 Å². The molecule has 1 aliphatic carbocycles. The van der Waals surface area contributed by atoms with E-state index < -0.39 is 52.1 Å². The summed E-state index contributed by atoms with van der Waals surface area (Å²) in [5, 5.41) is 8.70. The zero-order valence-corrected chi connectivity index (χ0v) is 23.9. The molecule has 0 unspecified atom stereocenters. The second kappa shape index (κ2) is 12.9. The number of benzene rings is 2. The van der Waals surface area contributed by atoms with Crippen LogP contribution < -0.4 is 25.4 Å². The van der Waals surface area contributed by atoms with Crippen molar-refractivity contribution >= 4 is 51.2 Å². The Morgan fingerprint density at radius 3 is 2.26 bits per heavy atom. The van der Waals surface area contributed by atoms with Crippen LogP contribution in [-0.2, 0) is 20.3 Å². The first-order valence-electron chi connectivity index (χ1n) is 12.5. The number of nitrogens with one attached hydrogen (secondary N) is 4. The molecule has 18 heteroatoms. The number of aromatic nitrogens is 3. The number of nitrogens with zero attached hydrogens (tertiary/aromatic N) is 3. The number of hydrogen-bond acceptors (Lipinski definition) is 11. The highest BCUT2D eigenvalue weighted by molar-refractivity contribution is 7.90. The molecule has 2 amide bonds. The Labute approximate surface area is 248 Å². The van der Waals surface area contributed by atoms with Crippen LogP contribution in [0.15, 0.2) is 48.5 Å². The minimum atomic E-state index is -4.63. The van der Waals surface area contributed by atoms with Crippen molar-refractivity contribution in [2.75, 3.05) is 36.6 Å². The number of amides is 2. The van der Waals surface area contributed by atoms with E-state index in [0.29, 0.717) is 23.6 Å². The van der Waals surface area contributed by atoms with E-state index in [9.17, 15) is 31.2 Å². The first kappa shape index (κ1) is 31.6. The highest BCUT2D eigenvalue weighted by Crippen LogP contribution is 2.48. The summed E-state index contributed by atoms with van der Waals surface area (Å²) in [6, 6.07) is 11.9. The molecule has 1 heterocycles. The van der Waals surface area contributed by atoms with Crippen molar-refractivity contribution in [3.8, 4) is 6.01 Å². The predicted molar refractivity (Wildman–Crippen MR) is 149 cm³/mol. The molecular formula is C25H25ClF3N7O6S. The standard InChI is InChI=1S/C25H25ClF3N7O6S/c1-41-23(38)30-12-13-43(39,40)36-19(37)15-2-8-18(9-3-15)31-20-32-21(34-22(33-20)42-14-25(27,28)29)35-24(10-11-24)16-4-6-17(26)7-5-16/h2-9H,10-14H2,1H3,(H,30,38)(H,36,37)(H2,31,32,33,34,35). The Balaban J connectivity index is 1.47. The maximum absolute atomic E-state index is 12.8. The van der Waals surface area contributed by atoms with Gasteiger partial charge in [0.25, 0.3) is 5.91 Å². The lowest BCUT2D eigenvalue weighted by atomic mass is 10.1. The van der Waals surface area contributed by atoms with Crippen LogP contribution in [-0.4, -0.2) is 67.6 Å². The van der Waals surface area contributed by atoms with Crippen LogP contribution in [0.3, 0.4) is 0 Å². The zero-order chi connectivity index (χ0) is 31.3. The molecule has 0 saturated heterocycles. The Kier molecular flexibility index (Phi) is 9.44. The smallest absolute Gasteiger partial charge is 0.422 e. The summed E-state index contributed by atoms with van der Waals surface area (Å²) in [5.74, 6) is -1.68. The van der Waals surface area contributed by atoms with Crippen LogP contribution in [0.2, 0.25) is 5.02 Å². The van der Waals surface area contributed by atoms with Gasteiger partial charge in [-0.05, 0) is 54.8 Å². The summed E-state index contributed by atoms with van der Waals surface area (Å²) >= 11 is 5.98. The molecule has 0 aliphatic heterocycles. The highest BCUT2D eigenvalue weighted by Gasteiger charge is 2.45. The van der Waals surface area contributed by atoms with Gasteiger partial charge in [-0.1, -0.05) is 23.7 Å². The lowest BCUT2D eigenvalue weighted by molar-refractivity contribution is -0.154. The van der Waals surface area contributed by atoms with Gasteiger partial charge < -0.3 is 25.4 Å². The van der Waals surface area contributed by atoms with Crippen molar-refractivity contribution in [2.45, 2.75) is 24.6 Å². The third-order valence-electron chi connectivity index (χ3n) is 5.95. The fourth-order valence-corrected chi connectivity index (χ4v) is 4.72. The number of carbonyl (C=O) groups is 2. The topological polar surface area (TPSA) is 174 Å². The van der Waals surface area contributed by atoms with Crippen LogP contribution in [0.5, 0.6) is 6.01 Å². The molecule has 0 bridgehead atoms. The number of ether oxygens (including phenoxy) is 2. The summed E-state index contributed by atoms with van der Waals surface area (Å²) in [7, 11) is -2.95. The van der Waals surface area contributed by atoms with Crippen LogP contribution in [0.25, 0.3) is 0 Å². The molecule has 0 radical (unpaired) electrons. The van der Waals surface area contributed by atoms with Gasteiger partial charge in [-0.3, -0.25) is 4.79 Å². The zero-order valence-electron chi connectivity index (χ0n) is 22.4. The molecule has 1 aromatic heterocycles. The number of carbonyl (C=O) groups excluding carboxylic acids is 2. The number of sulfonamides is 1. The fourth-order valence-electron chi connectivity index (χ4n) is 3.72. The van der Waals surface area contributed by atoms with E-state index in [-0.39, 0.29) is 24.0 Å². The van der Waals surface area contributed by atoms with Crippen LogP contribution in [0, 0.1) is 0 Å². The second-order valence-electron chi connectivity index (χ2n) is 9.25. The summed E-state index contributed by atoms with van der Waals surface area (Å²) in [6.45, 7) is -1.90. The molecular weight excluding hydrogens is 619 g/mol. The minimum Gasteiger partial charge on any atom is -0.454 e. The van der Waals surface area contributed by atoms with Crippen molar-refractivity contribution in [1.29, 1.82) is 0 Å². The number of alkyl halides is 3. The van der Waals surface area contributed by atoms with E-state index in [2.05, 4.69) is 35.6 Å². The Morgan fingerprint density at radius 2 is 1.65 bits per heavy atom. The van der Waals surface area contributed by atoms with Gasteiger partial charge in [0, 0.05) is 22.8 Å². The van der Waals surface area contributed by atoms with Gasteiger partial charge in [-0.25, -0.2) is 17.9 Å². The molecule has 230 valence electrons. The fraction of sp³-hybridized carbons (Fsp3) is 0.320. The van der Waals surface area contributed by atoms with Gasteiger partial charge in [0.1, 0.15) is 0 Å². The molecule has 0 atom stereocenters. The van der Waals surface area contributed by atoms with Gasteiger partial charge in [-0.15, -0.1) is 0 Å². The van der Waals surface area contributed by atoms with E-state index in [0.717, 1.165) is 12.7 Å². The largest absolute Gasteiger partial charge is 0.454 e. The van der Waals surface area contributed by atoms with Crippen molar-refractivity contribution in [1.82, 2.24) is 25.0 Å². The molecule has 3 aromatic rings. The van der Waals surface area contributed by atoms with E-state index in [4.69, 9.17) is 16.3 Å². The second-order valence-corrected chi connectivity index (χ2v) is 11.5. The lowest BCUT2D eigenvalue weighted by Crippen LogP contribution is -2.37. The Bertz CT molecular complexity index is 1570. The van der Waals surface area contributed by atoms with Crippen LogP contribution >= 0.6 is 11.6 Å². The van der Waals surface area contributed by atoms with E-state index in [1.165, 1.54) is 24.3 Å². The van der Waals surface area contributed by atoms with E-state index in [1.54, 1.807) is 12.1 Å². The molecule has 13 nitrogen and oxygen atoms in total. The average Bonchev–Trinajstić information content (AvgIpc) is 3.72. The maximum Gasteiger partial charge on any atom is 0.422 e. The number of alkyl carbamates (subject to hydrolysis) is 1. The Hall–Kier alpha value is -4.38. The summed E-state index contributed by atoms with van der Waals surface area (Å²) in [6.07, 6.45) is -4.03.